The molecule has 1 aliphatic heterocycles. The Balaban J connectivity index is 1.88. The highest BCUT2D eigenvalue weighted by molar-refractivity contribution is 8.10. The number of benzene rings is 3. The van der Waals surface area contributed by atoms with E-state index in [9.17, 15) is 26.3 Å². The molecule has 1 saturated heterocycles. The third kappa shape index (κ3) is 5.68. The van der Waals surface area contributed by atoms with E-state index in [4.69, 9.17) is 16.3 Å². The Morgan fingerprint density at radius 3 is 1.51 bits per heavy atom. The van der Waals surface area contributed by atoms with Crippen molar-refractivity contribution in [2.75, 3.05) is 14.1 Å². The van der Waals surface area contributed by atoms with E-state index in [2.05, 4.69) is 0 Å². The maximum Gasteiger partial charge on any atom is 0.416 e. The van der Waals surface area contributed by atoms with E-state index < -0.39 is 47.7 Å². The van der Waals surface area contributed by atoms with E-state index in [0.717, 1.165) is 29.8 Å². The average Bonchev–Trinajstić information content (AvgIpc) is 3.09. The summed E-state index contributed by atoms with van der Waals surface area (Å²) in [7, 11) is 3.35. The highest BCUT2D eigenvalue weighted by atomic mass is 32.5. The Morgan fingerprint density at radius 2 is 1.13 bits per heavy atom. The monoisotopic (exact) mass is 586 g/mol. The molecule has 1 aliphatic rings. The van der Waals surface area contributed by atoms with E-state index in [1.165, 1.54) is 12.1 Å². The summed E-state index contributed by atoms with van der Waals surface area (Å²) < 4.78 is 92.2. The second kappa shape index (κ2) is 10.6. The van der Waals surface area contributed by atoms with Crippen LogP contribution in [-0.2, 0) is 34.3 Å². The van der Waals surface area contributed by atoms with Crippen LogP contribution in [0.1, 0.15) is 60.2 Å². The zero-order valence-corrected chi connectivity index (χ0v) is 23.5. The lowest BCUT2D eigenvalue weighted by atomic mass is 9.91. The van der Waals surface area contributed by atoms with Gasteiger partial charge in [-0.05, 0) is 80.2 Å². The van der Waals surface area contributed by atoms with Crippen molar-refractivity contribution in [3.8, 4) is 0 Å². The second-order valence-corrected chi connectivity index (χ2v) is 13.7. The maximum atomic E-state index is 13.7. The molecule has 3 atom stereocenters. The predicted molar refractivity (Wildman–Crippen MR) is 143 cm³/mol. The van der Waals surface area contributed by atoms with E-state index in [-0.39, 0.29) is 11.1 Å². The molecule has 210 valence electrons. The van der Waals surface area contributed by atoms with Crippen LogP contribution < -0.4 is 0 Å². The molecule has 39 heavy (non-hydrogen) atoms. The minimum Gasteiger partial charge on any atom is -0.315 e. The van der Waals surface area contributed by atoms with Crippen LogP contribution >= 0.6 is 6.57 Å². The normalized spacial score (nSPS) is 22.1. The SMILES string of the molecule is CCC(C)(OP1(=S)N(C)[C@@H](c2cccc(C(F)(F)F)c2)[C@H](c2cccc(C(F)(F)F)c2)N1C)c1ccccc1. The molecule has 0 bridgehead atoms. The van der Waals surface area contributed by atoms with Crippen LogP contribution in [-0.4, -0.2) is 23.4 Å². The first-order valence-corrected chi connectivity index (χ1v) is 14.9. The zero-order chi connectivity index (χ0) is 28.8. The van der Waals surface area contributed by atoms with Crippen molar-refractivity contribution >= 4 is 18.4 Å². The third-order valence-electron chi connectivity index (χ3n) is 7.39. The fraction of sp³-hybridized carbons (Fsp3) is 0.357. The summed E-state index contributed by atoms with van der Waals surface area (Å²) in [6.45, 7) is 0.668. The third-order valence-corrected chi connectivity index (χ3v) is 11.9. The largest absolute Gasteiger partial charge is 0.416 e. The summed E-state index contributed by atoms with van der Waals surface area (Å²) in [4.78, 5) is 0. The van der Waals surface area contributed by atoms with Crippen molar-refractivity contribution in [2.45, 2.75) is 50.3 Å². The van der Waals surface area contributed by atoms with Gasteiger partial charge in [0.1, 0.15) is 0 Å². The van der Waals surface area contributed by atoms with E-state index >= 15 is 0 Å². The molecular formula is C28H29F6N2OPS. The number of alkyl halides is 6. The molecular weight excluding hydrogens is 557 g/mol. The molecule has 1 unspecified atom stereocenters. The van der Waals surface area contributed by atoms with Gasteiger partial charge in [-0.3, -0.25) is 0 Å². The molecule has 1 heterocycles. The minimum absolute atomic E-state index is 0.287. The van der Waals surface area contributed by atoms with Crippen LogP contribution in [0, 0.1) is 0 Å². The molecule has 3 aromatic carbocycles. The van der Waals surface area contributed by atoms with Gasteiger partial charge in [-0.25, -0.2) is 9.34 Å². The van der Waals surface area contributed by atoms with E-state index in [1.807, 2.05) is 44.2 Å². The molecule has 0 N–H and O–H groups in total. The highest BCUT2D eigenvalue weighted by Gasteiger charge is 2.53. The van der Waals surface area contributed by atoms with Crippen LogP contribution in [0.3, 0.4) is 0 Å². The molecule has 0 radical (unpaired) electrons. The van der Waals surface area contributed by atoms with Crippen molar-refractivity contribution in [1.82, 2.24) is 9.34 Å². The van der Waals surface area contributed by atoms with Crippen molar-refractivity contribution in [2.24, 2.45) is 0 Å². The highest BCUT2D eigenvalue weighted by Crippen LogP contribution is 2.71. The van der Waals surface area contributed by atoms with Gasteiger partial charge in [0.15, 0.2) is 0 Å². The molecule has 0 spiro atoms. The minimum atomic E-state index is -4.59. The lowest BCUT2D eigenvalue weighted by Crippen LogP contribution is -2.29. The second-order valence-electron chi connectivity index (χ2n) is 9.82. The van der Waals surface area contributed by atoms with Crippen molar-refractivity contribution < 1.29 is 30.9 Å². The smallest absolute Gasteiger partial charge is 0.315 e. The number of halogens is 6. The molecule has 0 aliphatic carbocycles. The van der Waals surface area contributed by atoms with Gasteiger partial charge in [0.2, 0.25) is 6.57 Å². The molecule has 3 nitrogen and oxygen atoms in total. The van der Waals surface area contributed by atoms with Gasteiger partial charge in [-0.15, -0.1) is 0 Å². The van der Waals surface area contributed by atoms with Gasteiger partial charge in [-0.2, -0.15) is 26.3 Å². The Hall–Kier alpha value is -2.23. The summed E-state index contributed by atoms with van der Waals surface area (Å²) in [5.74, 6) is 0. The molecule has 4 rings (SSSR count). The Bertz CT molecular complexity index is 1290. The fourth-order valence-electron chi connectivity index (χ4n) is 5.04. The Kier molecular flexibility index (Phi) is 8.11. The molecule has 0 amide bonds. The molecule has 0 saturated carbocycles. The molecule has 1 fully saturated rings. The van der Waals surface area contributed by atoms with Gasteiger partial charge in [0.05, 0.1) is 28.8 Å². The Morgan fingerprint density at radius 1 is 0.718 bits per heavy atom. The van der Waals surface area contributed by atoms with Crippen LogP contribution in [0.25, 0.3) is 0 Å². The molecule has 3 aromatic rings. The standard InChI is InChI=1S/C28H29F6N2OPS/c1-5-26(2,21-13-7-6-8-14-21)37-38(39)35(3)24(19-11-9-15-22(17-19)27(29,30)31)25(36(38)4)20-12-10-16-23(18-20)28(32,33)34/h6-18,24-25H,5H2,1-4H3/t24-,25-,26?/m0/s1. The Labute approximate surface area is 229 Å². The van der Waals surface area contributed by atoms with Gasteiger partial charge in [0.25, 0.3) is 0 Å². The van der Waals surface area contributed by atoms with Crippen LogP contribution in [0.5, 0.6) is 0 Å². The zero-order valence-electron chi connectivity index (χ0n) is 21.8. The fourth-order valence-corrected chi connectivity index (χ4v) is 8.76. The van der Waals surface area contributed by atoms with Gasteiger partial charge >= 0.3 is 12.4 Å². The van der Waals surface area contributed by atoms with E-state index in [0.29, 0.717) is 6.42 Å². The number of likely N-dealkylation sites (N-methyl/N-ethyl adjacent to an activating group) is 2. The predicted octanol–water partition coefficient (Wildman–Crippen LogP) is 8.95. The van der Waals surface area contributed by atoms with Crippen molar-refractivity contribution in [1.29, 1.82) is 0 Å². The quantitative estimate of drug-likeness (QED) is 0.212. The molecule has 0 aromatic heterocycles. The number of rotatable bonds is 6. The summed E-state index contributed by atoms with van der Waals surface area (Å²) in [5.41, 5.74) is -1.09. The van der Waals surface area contributed by atoms with E-state index in [1.54, 1.807) is 35.6 Å². The van der Waals surface area contributed by atoms with Crippen LogP contribution in [0.2, 0.25) is 0 Å². The first-order chi connectivity index (χ1) is 18.1. The van der Waals surface area contributed by atoms with Crippen LogP contribution in [0.15, 0.2) is 78.9 Å². The number of nitrogens with zero attached hydrogens (tertiary/aromatic N) is 2. The molecule has 11 heteroatoms. The number of hydrogen-bond acceptors (Lipinski definition) is 2. The summed E-state index contributed by atoms with van der Waals surface area (Å²) >= 11 is 6.19. The topological polar surface area (TPSA) is 15.7 Å². The maximum absolute atomic E-state index is 13.7. The van der Waals surface area contributed by atoms with Gasteiger partial charge in [-0.1, -0.05) is 61.5 Å². The van der Waals surface area contributed by atoms with Gasteiger partial charge < -0.3 is 4.52 Å². The number of hydrogen-bond donors (Lipinski definition) is 0. The van der Waals surface area contributed by atoms with Gasteiger partial charge in [0, 0.05) is 0 Å². The summed E-state index contributed by atoms with van der Waals surface area (Å²) in [6.07, 6.45) is -8.63. The summed E-state index contributed by atoms with van der Waals surface area (Å²) in [6, 6.07) is 17.6. The summed E-state index contributed by atoms with van der Waals surface area (Å²) in [5, 5.41) is 0. The lowest BCUT2D eigenvalue weighted by molar-refractivity contribution is -0.138. The van der Waals surface area contributed by atoms with Crippen molar-refractivity contribution in [3.05, 3.63) is 107 Å². The first-order valence-electron chi connectivity index (χ1n) is 12.3. The van der Waals surface area contributed by atoms with Crippen LogP contribution in [0.4, 0.5) is 26.3 Å². The first kappa shape index (κ1) is 29.7. The lowest BCUT2D eigenvalue weighted by Gasteiger charge is -2.39. The van der Waals surface area contributed by atoms with Crippen molar-refractivity contribution in [3.63, 3.8) is 0 Å². The average molecular weight is 587 g/mol.